The Morgan fingerprint density at radius 1 is 1.15 bits per heavy atom. The summed E-state index contributed by atoms with van der Waals surface area (Å²) >= 11 is 0.956. The summed E-state index contributed by atoms with van der Waals surface area (Å²) in [6.07, 6.45) is 2.31. The molecule has 9 heteroatoms. The van der Waals surface area contributed by atoms with Crippen LogP contribution in [0.5, 0.6) is 5.75 Å². The van der Waals surface area contributed by atoms with E-state index in [1.165, 1.54) is 11.0 Å². The molecule has 202 valence electrons. The molecule has 2 heterocycles. The maximum absolute atomic E-state index is 13.5. The number of aryl methyl sites for hydroxylation is 3. The van der Waals surface area contributed by atoms with Crippen molar-refractivity contribution < 1.29 is 29.0 Å². The summed E-state index contributed by atoms with van der Waals surface area (Å²) in [6.45, 7) is 11.5. The zero-order valence-electron chi connectivity index (χ0n) is 22.3. The van der Waals surface area contributed by atoms with Gasteiger partial charge in [-0.25, -0.2) is 9.78 Å². The van der Waals surface area contributed by atoms with E-state index in [0.29, 0.717) is 29.2 Å². The summed E-state index contributed by atoms with van der Waals surface area (Å²) < 4.78 is 10.9. The van der Waals surface area contributed by atoms with Gasteiger partial charge in [0.2, 0.25) is 0 Å². The number of thiazole rings is 1. The number of nitrogens with zero attached hydrogens (tertiary/aromatic N) is 2. The molecule has 2 aromatic carbocycles. The molecule has 1 N–H and O–H groups in total. The largest absolute Gasteiger partial charge is 0.507 e. The minimum Gasteiger partial charge on any atom is -0.507 e. The molecule has 3 aromatic rings. The second kappa shape index (κ2) is 11.7. The molecule has 1 aliphatic rings. The molecule has 1 fully saturated rings. The molecule has 0 unspecified atom stereocenters. The maximum Gasteiger partial charge on any atom is 0.350 e. The van der Waals surface area contributed by atoms with E-state index in [4.69, 9.17) is 9.47 Å². The number of ether oxygens (including phenoxy) is 2. The van der Waals surface area contributed by atoms with Crippen LogP contribution in [0.15, 0.2) is 60.7 Å². The predicted octanol–water partition coefficient (Wildman–Crippen LogP) is 5.83. The van der Waals surface area contributed by atoms with Crippen LogP contribution in [0.25, 0.3) is 5.76 Å². The third-order valence-electron chi connectivity index (χ3n) is 6.26. The van der Waals surface area contributed by atoms with Crippen LogP contribution in [-0.2, 0) is 14.3 Å². The smallest absolute Gasteiger partial charge is 0.350 e. The number of aromatic nitrogens is 1. The quantitative estimate of drug-likeness (QED) is 0.118. The Morgan fingerprint density at radius 2 is 1.87 bits per heavy atom. The van der Waals surface area contributed by atoms with Gasteiger partial charge < -0.3 is 14.6 Å². The second-order valence-electron chi connectivity index (χ2n) is 9.21. The molecule has 39 heavy (non-hydrogen) atoms. The van der Waals surface area contributed by atoms with E-state index < -0.39 is 23.7 Å². The number of amides is 1. The summed E-state index contributed by atoms with van der Waals surface area (Å²) in [5.41, 5.74) is 3.08. The number of hydrogen-bond donors (Lipinski definition) is 1. The number of anilines is 1. The first-order valence-corrected chi connectivity index (χ1v) is 13.4. The van der Waals surface area contributed by atoms with E-state index in [0.717, 1.165) is 28.9 Å². The van der Waals surface area contributed by atoms with Crippen molar-refractivity contribution in [3.8, 4) is 5.75 Å². The number of aliphatic hydroxyl groups excluding tert-OH is 1. The van der Waals surface area contributed by atoms with E-state index in [2.05, 4.69) is 11.6 Å². The van der Waals surface area contributed by atoms with Crippen LogP contribution in [0.4, 0.5) is 5.13 Å². The molecule has 1 aliphatic heterocycles. The molecule has 0 radical (unpaired) electrons. The average Bonchev–Trinajstić information content (AvgIpc) is 3.43. The van der Waals surface area contributed by atoms with Crippen LogP contribution in [0.3, 0.4) is 0 Å². The highest BCUT2D eigenvalue weighted by molar-refractivity contribution is 7.17. The van der Waals surface area contributed by atoms with Crippen molar-refractivity contribution in [1.82, 2.24) is 4.98 Å². The number of rotatable bonds is 9. The third kappa shape index (κ3) is 5.49. The van der Waals surface area contributed by atoms with Crippen molar-refractivity contribution in [1.29, 1.82) is 0 Å². The first-order chi connectivity index (χ1) is 18.7. The lowest BCUT2D eigenvalue weighted by Crippen LogP contribution is -2.29. The Bertz CT molecular complexity index is 1470. The summed E-state index contributed by atoms with van der Waals surface area (Å²) in [7, 11) is 0. The number of esters is 1. The molecule has 1 amide bonds. The molecule has 1 aromatic heterocycles. The maximum atomic E-state index is 13.5. The van der Waals surface area contributed by atoms with E-state index >= 15 is 0 Å². The average molecular weight is 547 g/mol. The third-order valence-corrected chi connectivity index (χ3v) is 7.39. The first-order valence-electron chi connectivity index (χ1n) is 12.5. The van der Waals surface area contributed by atoms with Gasteiger partial charge in [0.05, 0.1) is 23.9 Å². The van der Waals surface area contributed by atoms with Gasteiger partial charge in [0.25, 0.3) is 5.78 Å². The fourth-order valence-corrected chi connectivity index (χ4v) is 5.28. The molecule has 1 atom stereocenters. The molecule has 0 spiro atoms. The highest BCUT2D eigenvalue weighted by atomic mass is 32.1. The Balaban J connectivity index is 1.85. The first kappa shape index (κ1) is 27.8. The Kier molecular flexibility index (Phi) is 8.30. The predicted molar refractivity (Wildman–Crippen MR) is 150 cm³/mol. The summed E-state index contributed by atoms with van der Waals surface area (Å²) in [5.74, 6) is -1.91. The van der Waals surface area contributed by atoms with E-state index in [9.17, 15) is 19.5 Å². The number of ketones is 1. The fourth-order valence-electron chi connectivity index (χ4n) is 4.29. The number of aliphatic hydroxyl groups is 1. The van der Waals surface area contributed by atoms with Crippen LogP contribution in [0.1, 0.15) is 57.0 Å². The molecule has 1 saturated heterocycles. The monoisotopic (exact) mass is 546 g/mol. The van der Waals surface area contributed by atoms with Crippen molar-refractivity contribution in [2.75, 3.05) is 18.1 Å². The fraction of sp³-hybridized carbons (Fsp3) is 0.267. The highest BCUT2D eigenvalue weighted by Crippen LogP contribution is 2.44. The van der Waals surface area contributed by atoms with E-state index in [1.54, 1.807) is 37.3 Å². The highest BCUT2D eigenvalue weighted by Gasteiger charge is 2.48. The van der Waals surface area contributed by atoms with Gasteiger partial charge >= 0.3 is 11.9 Å². The van der Waals surface area contributed by atoms with Crippen LogP contribution < -0.4 is 9.64 Å². The molecular weight excluding hydrogens is 516 g/mol. The molecule has 0 saturated carbocycles. The lowest BCUT2D eigenvalue weighted by atomic mass is 9.94. The van der Waals surface area contributed by atoms with Crippen molar-refractivity contribution in [3.05, 3.63) is 93.5 Å². The van der Waals surface area contributed by atoms with Gasteiger partial charge in [-0.3, -0.25) is 14.5 Å². The number of benzene rings is 2. The topological polar surface area (TPSA) is 106 Å². The Morgan fingerprint density at radius 3 is 2.51 bits per heavy atom. The number of hydrogen-bond acceptors (Lipinski definition) is 8. The number of carbonyl (C=O) groups excluding carboxylic acids is 3. The van der Waals surface area contributed by atoms with Crippen molar-refractivity contribution in [3.63, 3.8) is 0 Å². The summed E-state index contributed by atoms with van der Waals surface area (Å²) in [5, 5.41) is 11.6. The molecule has 4 rings (SSSR count). The van der Waals surface area contributed by atoms with E-state index in [1.807, 2.05) is 32.9 Å². The van der Waals surface area contributed by atoms with Gasteiger partial charge in [0.1, 0.15) is 23.0 Å². The minimum atomic E-state index is -0.954. The SMILES string of the molecule is C=CCOC(=O)c1sc(N2C(=O)C(=O)C(=C(O)c3ccc(OCCC)c(C)c3)[C@@H]2c2ccc(C)cc2)nc1C. The van der Waals surface area contributed by atoms with Crippen LogP contribution in [0.2, 0.25) is 0 Å². The molecular formula is C30H30N2O6S. The van der Waals surface area contributed by atoms with Gasteiger partial charge in [-0.15, -0.1) is 0 Å². The lowest BCUT2D eigenvalue weighted by Gasteiger charge is -2.23. The molecule has 0 bridgehead atoms. The number of carbonyl (C=O) groups is 3. The van der Waals surface area contributed by atoms with Gasteiger partial charge in [0.15, 0.2) is 5.13 Å². The second-order valence-corrected chi connectivity index (χ2v) is 10.2. The minimum absolute atomic E-state index is 0.0288. The van der Waals surface area contributed by atoms with E-state index in [-0.39, 0.29) is 27.9 Å². The van der Waals surface area contributed by atoms with Crippen LogP contribution in [-0.4, -0.2) is 41.0 Å². The standard InChI is InChI=1S/C30H30N2O6S/c1-6-14-37-22-13-12-21(16-18(22)4)25(33)23-24(20-10-8-17(3)9-11-20)32(28(35)26(23)34)30-31-19(5)27(39-30)29(36)38-15-7-2/h7-13,16,24,33H,2,6,14-15H2,1,3-5H3/t24-/m0/s1. The zero-order chi connectivity index (χ0) is 28.3. The lowest BCUT2D eigenvalue weighted by molar-refractivity contribution is -0.132. The zero-order valence-corrected chi connectivity index (χ0v) is 23.1. The Labute approximate surface area is 231 Å². The number of Topliss-reactive ketones (excluding diaryl/α,β-unsaturated/α-hetero) is 1. The summed E-state index contributed by atoms with van der Waals surface area (Å²) in [6, 6.07) is 11.5. The van der Waals surface area contributed by atoms with Crippen LogP contribution in [0, 0.1) is 20.8 Å². The summed E-state index contributed by atoms with van der Waals surface area (Å²) in [4.78, 5) is 45.4. The normalized spacial score (nSPS) is 16.4. The van der Waals surface area contributed by atoms with Gasteiger partial charge in [0, 0.05) is 5.56 Å². The van der Waals surface area contributed by atoms with Crippen LogP contribution >= 0.6 is 11.3 Å². The van der Waals surface area contributed by atoms with Gasteiger partial charge in [-0.1, -0.05) is 60.7 Å². The van der Waals surface area contributed by atoms with Crippen molar-refractivity contribution in [2.24, 2.45) is 0 Å². The van der Waals surface area contributed by atoms with Crippen molar-refractivity contribution >= 4 is 39.9 Å². The van der Waals surface area contributed by atoms with Gasteiger partial charge in [-0.05, 0) is 56.5 Å². The Hall–Kier alpha value is -4.24. The van der Waals surface area contributed by atoms with Gasteiger partial charge in [-0.2, -0.15) is 0 Å². The van der Waals surface area contributed by atoms with Crippen molar-refractivity contribution in [2.45, 2.75) is 40.2 Å². The molecule has 8 nitrogen and oxygen atoms in total. The molecule has 0 aliphatic carbocycles.